The second-order valence-electron chi connectivity index (χ2n) is 4.43. The summed E-state index contributed by atoms with van der Waals surface area (Å²) < 4.78 is 0. The van der Waals surface area contributed by atoms with E-state index in [0.29, 0.717) is 6.42 Å². The molecule has 1 atom stereocenters. The Balaban J connectivity index is 2.84. The van der Waals surface area contributed by atoms with Gasteiger partial charge in [0.1, 0.15) is 5.41 Å². The zero-order chi connectivity index (χ0) is 12.9. The summed E-state index contributed by atoms with van der Waals surface area (Å²) >= 11 is 1.86. The molecule has 17 heavy (non-hydrogen) atoms. The number of rotatable bonds is 3. The molecule has 0 saturated carbocycles. The van der Waals surface area contributed by atoms with E-state index >= 15 is 0 Å². The molecule has 1 aliphatic heterocycles. The summed E-state index contributed by atoms with van der Waals surface area (Å²) in [4.78, 5) is 14.3. The van der Waals surface area contributed by atoms with E-state index in [-0.39, 0.29) is 11.7 Å². The first-order chi connectivity index (χ1) is 8.06. The second kappa shape index (κ2) is 6.14. The van der Waals surface area contributed by atoms with Crippen LogP contribution in [0, 0.1) is 5.41 Å². The van der Waals surface area contributed by atoms with Crippen molar-refractivity contribution in [3.05, 3.63) is 0 Å². The van der Waals surface area contributed by atoms with Gasteiger partial charge in [-0.05, 0) is 25.5 Å². The molecule has 1 fully saturated rings. The monoisotopic (exact) mass is 259 g/mol. The van der Waals surface area contributed by atoms with Gasteiger partial charge in [0, 0.05) is 18.8 Å². The van der Waals surface area contributed by atoms with E-state index < -0.39 is 5.41 Å². The number of carbonyl (C=O) groups is 1. The van der Waals surface area contributed by atoms with Crippen LogP contribution in [0.1, 0.15) is 26.7 Å². The zero-order valence-electron chi connectivity index (χ0n) is 10.5. The zero-order valence-corrected chi connectivity index (χ0v) is 11.3. The summed E-state index contributed by atoms with van der Waals surface area (Å²) in [6, 6.07) is 0. The van der Waals surface area contributed by atoms with Crippen LogP contribution in [0.25, 0.3) is 0 Å². The lowest BCUT2D eigenvalue weighted by atomic mass is 9.84. The highest BCUT2D eigenvalue weighted by atomic mass is 32.2. The van der Waals surface area contributed by atoms with Crippen molar-refractivity contribution in [1.29, 1.82) is 0 Å². The molecule has 0 spiro atoms. The molecule has 5 nitrogen and oxygen atoms in total. The van der Waals surface area contributed by atoms with E-state index in [1.165, 1.54) is 0 Å². The first-order valence-corrected chi connectivity index (χ1v) is 7.07. The van der Waals surface area contributed by atoms with Crippen molar-refractivity contribution in [2.75, 3.05) is 24.6 Å². The van der Waals surface area contributed by atoms with Crippen LogP contribution in [-0.2, 0) is 4.79 Å². The third-order valence-electron chi connectivity index (χ3n) is 3.36. The van der Waals surface area contributed by atoms with Gasteiger partial charge in [-0.25, -0.2) is 0 Å². The molecule has 1 rings (SSSR count). The molecule has 98 valence electrons. The highest BCUT2D eigenvalue weighted by molar-refractivity contribution is 7.99. The van der Waals surface area contributed by atoms with Crippen LogP contribution in [0.15, 0.2) is 5.16 Å². The lowest BCUT2D eigenvalue weighted by Gasteiger charge is -2.32. The number of oxime groups is 1. The summed E-state index contributed by atoms with van der Waals surface area (Å²) in [5, 5.41) is 11.8. The molecule has 1 heterocycles. The smallest absolute Gasteiger partial charge is 0.236 e. The van der Waals surface area contributed by atoms with E-state index in [4.69, 9.17) is 10.9 Å². The maximum Gasteiger partial charge on any atom is 0.236 e. The molecule has 0 aromatic rings. The van der Waals surface area contributed by atoms with Gasteiger partial charge in [0.05, 0.1) is 0 Å². The fourth-order valence-electron chi connectivity index (χ4n) is 1.85. The van der Waals surface area contributed by atoms with Crippen LogP contribution in [-0.4, -0.2) is 46.4 Å². The Morgan fingerprint density at radius 3 is 2.82 bits per heavy atom. The maximum atomic E-state index is 12.4. The van der Waals surface area contributed by atoms with Crippen molar-refractivity contribution in [3.63, 3.8) is 0 Å². The fourth-order valence-corrected chi connectivity index (χ4v) is 2.74. The minimum absolute atomic E-state index is 0.00176. The van der Waals surface area contributed by atoms with Crippen molar-refractivity contribution >= 4 is 23.5 Å². The van der Waals surface area contributed by atoms with Gasteiger partial charge < -0.3 is 15.8 Å². The summed E-state index contributed by atoms with van der Waals surface area (Å²) in [6.07, 6.45) is 1.54. The Hall–Kier alpha value is -0.910. The molecule has 0 radical (unpaired) electrons. The van der Waals surface area contributed by atoms with Crippen molar-refractivity contribution in [2.45, 2.75) is 26.7 Å². The second-order valence-corrected chi connectivity index (χ2v) is 5.65. The van der Waals surface area contributed by atoms with E-state index in [1.807, 2.05) is 23.6 Å². The number of thioether (sulfide) groups is 1. The number of nitrogens with zero attached hydrogens (tertiary/aromatic N) is 2. The largest absolute Gasteiger partial charge is 0.409 e. The molecule has 3 N–H and O–H groups in total. The molecular weight excluding hydrogens is 238 g/mol. The molecule has 6 heteroatoms. The van der Waals surface area contributed by atoms with Crippen LogP contribution in [0.4, 0.5) is 0 Å². The number of hydrogen-bond donors (Lipinski definition) is 2. The van der Waals surface area contributed by atoms with E-state index in [2.05, 4.69) is 5.16 Å². The molecule has 1 saturated heterocycles. The normalized spacial score (nSPS) is 21.8. The molecular formula is C11H21N3O2S. The summed E-state index contributed by atoms with van der Waals surface area (Å²) in [5.41, 5.74) is 4.77. The van der Waals surface area contributed by atoms with E-state index in [1.54, 1.807) is 6.92 Å². The number of amidine groups is 1. The highest BCUT2D eigenvalue weighted by Gasteiger charge is 2.39. The predicted octanol–water partition coefficient (Wildman–Crippen LogP) is 1.11. The predicted molar refractivity (Wildman–Crippen MR) is 70.3 cm³/mol. The lowest BCUT2D eigenvalue weighted by Crippen LogP contribution is -2.50. The molecule has 1 aliphatic rings. The van der Waals surface area contributed by atoms with Gasteiger partial charge in [-0.2, -0.15) is 11.8 Å². The Bertz CT molecular complexity index is 301. The van der Waals surface area contributed by atoms with Crippen molar-refractivity contribution in [1.82, 2.24) is 4.90 Å². The Morgan fingerprint density at radius 1 is 1.53 bits per heavy atom. The van der Waals surface area contributed by atoms with Crippen LogP contribution in [0.2, 0.25) is 0 Å². The summed E-state index contributed by atoms with van der Waals surface area (Å²) in [5.74, 6) is 2.03. The number of hydrogen-bond acceptors (Lipinski definition) is 4. The number of carbonyl (C=O) groups excluding carboxylic acids is 1. The Kier molecular flexibility index (Phi) is 5.11. The molecule has 0 aromatic heterocycles. The summed E-state index contributed by atoms with van der Waals surface area (Å²) in [7, 11) is 0. The van der Waals surface area contributed by atoms with Crippen molar-refractivity contribution < 1.29 is 10.0 Å². The van der Waals surface area contributed by atoms with Crippen LogP contribution in [0.5, 0.6) is 0 Å². The fraction of sp³-hybridized carbons (Fsp3) is 0.818. The third kappa shape index (κ3) is 3.06. The van der Waals surface area contributed by atoms with E-state index in [9.17, 15) is 4.79 Å². The van der Waals surface area contributed by atoms with Crippen molar-refractivity contribution in [3.8, 4) is 0 Å². The maximum absolute atomic E-state index is 12.4. The average Bonchev–Trinajstić information content (AvgIpc) is 2.64. The van der Waals surface area contributed by atoms with Gasteiger partial charge in [0.25, 0.3) is 0 Å². The number of amides is 1. The molecule has 1 amide bonds. The topological polar surface area (TPSA) is 78.9 Å². The quantitative estimate of drug-likeness (QED) is 0.344. The first kappa shape index (κ1) is 14.2. The minimum Gasteiger partial charge on any atom is -0.409 e. The van der Waals surface area contributed by atoms with Crippen LogP contribution >= 0.6 is 11.8 Å². The van der Waals surface area contributed by atoms with Gasteiger partial charge in [-0.15, -0.1) is 0 Å². The van der Waals surface area contributed by atoms with Gasteiger partial charge >= 0.3 is 0 Å². The third-order valence-corrected chi connectivity index (χ3v) is 4.41. The van der Waals surface area contributed by atoms with Crippen molar-refractivity contribution in [2.24, 2.45) is 16.3 Å². The van der Waals surface area contributed by atoms with E-state index in [0.717, 1.165) is 31.0 Å². The molecule has 0 aromatic carbocycles. The average molecular weight is 259 g/mol. The lowest BCUT2D eigenvalue weighted by molar-refractivity contribution is -0.137. The van der Waals surface area contributed by atoms with Gasteiger partial charge in [-0.1, -0.05) is 12.1 Å². The minimum atomic E-state index is -0.885. The highest BCUT2D eigenvalue weighted by Crippen LogP contribution is 2.26. The van der Waals surface area contributed by atoms with Gasteiger partial charge in [0.2, 0.25) is 5.91 Å². The Morgan fingerprint density at radius 2 is 2.24 bits per heavy atom. The first-order valence-electron chi connectivity index (χ1n) is 5.91. The van der Waals surface area contributed by atoms with Gasteiger partial charge in [-0.3, -0.25) is 4.79 Å². The molecule has 0 aliphatic carbocycles. The number of nitrogens with two attached hydrogens (primary N) is 1. The summed E-state index contributed by atoms with van der Waals surface area (Å²) in [6.45, 7) is 5.13. The van der Waals surface area contributed by atoms with Crippen LogP contribution in [0.3, 0.4) is 0 Å². The SMILES string of the molecule is CCC(C)(C(=O)N1CCCSCC1)C(N)=NO. The van der Waals surface area contributed by atoms with Crippen LogP contribution < -0.4 is 5.73 Å². The van der Waals surface area contributed by atoms with Gasteiger partial charge in [0.15, 0.2) is 5.84 Å². The molecule has 1 unspecified atom stereocenters. The Labute approximate surface area is 106 Å². The standard InChI is InChI=1S/C11H21N3O2S/c1-3-11(2,9(12)13-16)10(15)14-5-4-7-17-8-6-14/h16H,3-8H2,1-2H3,(H2,12,13). The molecule has 0 bridgehead atoms.